The fraction of sp³-hybridized carbons (Fsp3) is 0.355. The van der Waals surface area contributed by atoms with Gasteiger partial charge in [0, 0.05) is 24.0 Å². The molecule has 1 amide bonds. The number of aryl methyl sites for hydroxylation is 2. The van der Waals surface area contributed by atoms with Gasteiger partial charge in [-0.15, -0.1) is 0 Å². The van der Waals surface area contributed by atoms with Crippen molar-refractivity contribution in [2.75, 3.05) is 7.11 Å². The lowest BCUT2D eigenvalue weighted by molar-refractivity contribution is 0.0925. The number of hydrogen-bond acceptors (Lipinski definition) is 8. The number of nitrogens with zero attached hydrogens (tertiary/aromatic N) is 5. The largest absolute Gasteiger partial charge is 0.480 e. The lowest BCUT2D eigenvalue weighted by atomic mass is 10.0. The predicted octanol–water partition coefficient (Wildman–Crippen LogP) is 5.46. The average molecular weight is 568 g/mol. The molecule has 1 aliphatic heterocycles. The van der Waals surface area contributed by atoms with Gasteiger partial charge in [0.1, 0.15) is 17.8 Å². The number of H-pyrrole nitrogens is 1. The number of carbonyl (C=O) groups excluding carboxylic acids is 2. The first-order valence-electron chi connectivity index (χ1n) is 14.4. The third kappa shape index (κ3) is 5.95. The van der Waals surface area contributed by atoms with Crippen LogP contribution in [-0.2, 0) is 13.0 Å². The molecule has 0 bridgehead atoms. The van der Waals surface area contributed by atoms with E-state index in [9.17, 15) is 9.59 Å². The molecule has 6 rings (SSSR count). The minimum absolute atomic E-state index is 0.109. The first-order chi connectivity index (χ1) is 20.6. The smallest absolute Gasteiger partial charge is 0.272 e. The predicted molar refractivity (Wildman–Crippen MR) is 155 cm³/mol. The number of rotatable bonds is 12. The van der Waals surface area contributed by atoms with E-state index in [1.165, 1.54) is 12.5 Å². The quantitative estimate of drug-likeness (QED) is 0.150. The lowest BCUT2D eigenvalue weighted by Crippen LogP contribution is -2.30. The Hall–Kier alpha value is -4.80. The number of ether oxygens (including phenoxy) is 1. The van der Waals surface area contributed by atoms with Gasteiger partial charge in [-0.1, -0.05) is 31.0 Å². The first-order valence-corrected chi connectivity index (χ1v) is 14.4. The van der Waals surface area contributed by atoms with E-state index >= 15 is 0 Å². The van der Waals surface area contributed by atoms with E-state index in [0.717, 1.165) is 66.5 Å². The van der Waals surface area contributed by atoms with Crippen molar-refractivity contribution in [3.05, 3.63) is 78.2 Å². The number of fused-ring (bicyclic) bond motifs is 2. The van der Waals surface area contributed by atoms with E-state index < -0.39 is 0 Å². The Bertz CT molecular complexity index is 1670. The lowest BCUT2D eigenvalue weighted by Gasteiger charge is -2.16. The standard InChI is InChI=1S/C31H33N7O4/c1-41-30-22(17-20-9-5-6-11-23(20)36-30)26-19-33-28(34-26)24(12-3-2-4-13-27(39)31-32-14-16-42-31)35-29(40)25-18-21-10-7-8-15-38(21)37-25/h5-6,9,11,14,16-19,24H,2-4,7-8,10,12-13,15H2,1H3,(H,33,34)(H,35,40). The molecule has 11 heteroatoms. The fourth-order valence-electron chi connectivity index (χ4n) is 5.41. The molecule has 1 aromatic carbocycles. The fourth-order valence-corrected chi connectivity index (χ4v) is 5.41. The molecule has 1 atom stereocenters. The number of imidazole rings is 1. The Morgan fingerprint density at radius 1 is 1.14 bits per heavy atom. The number of ketones is 1. The molecule has 11 nitrogen and oxygen atoms in total. The average Bonchev–Trinajstić information content (AvgIpc) is 3.80. The molecule has 42 heavy (non-hydrogen) atoms. The number of hydrogen-bond donors (Lipinski definition) is 2. The zero-order valence-corrected chi connectivity index (χ0v) is 23.5. The van der Waals surface area contributed by atoms with Crippen molar-refractivity contribution in [3.8, 4) is 17.1 Å². The van der Waals surface area contributed by atoms with E-state index in [2.05, 4.69) is 30.4 Å². The van der Waals surface area contributed by atoms with Crippen LogP contribution in [0.4, 0.5) is 0 Å². The molecule has 0 spiro atoms. The van der Waals surface area contributed by atoms with Crippen molar-refractivity contribution in [1.82, 2.24) is 35.0 Å². The highest BCUT2D eigenvalue weighted by atomic mass is 16.5. The molecule has 1 aliphatic rings. The topological polar surface area (TPSA) is 141 Å². The van der Waals surface area contributed by atoms with Crippen LogP contribution in [0.25, 0.3) is 22.2 Å². The molecule has 0 saturated heterocycles. The molecular formula is C31H33N7O4. The molecule has 2 N–H and O–H groups in total. The number of benzene rings is 1. The van der Waals surface area contributed by atoms with Crippen LogP contribution in [0.5, 0.6) is 5.88 Å². The molecule has 216 valence electrons. The maximum atomic E-state index is 13.4. The van der Waals surface area contributed by atoms with Crippen molar-refractivity contribution in [2.24, 2.45) is 0 Å². The normalized spacial score (nSPS) is 13.5. The van der Waals surface area contributed by atoms with E-state index in [1.807, 2.05) is 41.1 Å². The highest BCUT2D eigenvalue weighted by Crippen LogP contribution is 2.32. The van der Waals surface area contributed by atoms with Gasteiger partial charge in [-0.05, 0) is 50.3 Å². The SMILES string of the molecule is COc1nc2ccccc2cc1-c1cnc(C(CCCCCC(=O)c2ncco2)NC(=O)c2cc3n(n2)CCCC3)[nH]1. The van der Waals surface area contributed by atoms with Crippen LogP contribution in [-0.4, -0.2) is 48.5 Å². The molecule has 1 unspecified atom stereocenters. The number of aromatic amines is 1. The number of aromatic nitrogens is 6. The van der Waals surface area contributed by atoms with Crippen molar-refractivity contribution < 1.29 is 18.7 Å². The highest BCUT2D eigenvalue weighted by Gasteiger charge is 2.23. The first kappa shape index (κ1) is 27.4. The number of amides is 1. The highest BCUT2D eigenvalue weighted by molar-refractivity contribution is 5.93. The summed E-state index contributed by atoms with van der Waals surface area (Å²) in [6, 6.07) is 11.4. The van der Waals surface area contributed by atoms with Crippen LogP contribution in [0.3, 0.4) is 0 Å². The van der Waals surface area contributed by atoms with Gasteiger partial charge in [-0.3, -0.25) is 14.3 Å². The Morgan fingerprint density at radius 2 is 2.05 bits per heavy atom. The molecule has 0 saturated carbocycles. The third-order valence-corrected chi connectivity index (χ3v) is 7.62. The minimum Gasteiger partial charge on any atom is -0.480 e. The van der Waals surface area contributed by atoms with Gasteiger partial charge in [0.25, 0.3) is 11.8 Å². The second-order valence-corrected chi connectivity index (χ2v) is 10.5. The number of oxazole rings is 1. The third-order valence-electron chi connectivity index (χ3n) is 7.62. The van der Waals surface area contributed by atoms with Gasteiger partial charge in [0.2, 0.25) is 11.7 Å². The summed E-state index contributed by atoms with van der Waals surface area (Å²) in [5, 5.41) is 8.69. The van der Waals surface area contributed by atoms with Gasteiger partial charge in [-0.2, -0.15) is 5.10 Å². The molecule has 0 fully saturated rings. The number of para-hydroxylation sites is 1. The Kier molecular flexibility index (Phi) is 8.07. The van der Waals surface area contributed by atoms with Crippen LogP contribution in [0.2, 0.25) is 0 Å². The summed E-state index contributed by atoms with van der Waals surface area (Å²) < 4.78 is 12.6. The van der Waals surface area contributed by atoms with Crippen molar-refractivity contribution >= 4 is 22.6 Å². The zero-order chi connectivity index (χ0) is 28.9. The summed E-state index contributed by atoms with van der Waals surface area (Å²) in [4.78, 5) is 42.2. The molecule has 0 radical (unpaired) electrons. The Balaban J connectivity index is 1.19. The molecule has 5 aromatic rings. The molecule has 4 aromatic heterocycles. The second-order valence-electron chi connectivity index (χ2n) is 10.5. The minimum atomic E-state index is -0.383. The van der Waals surface area contributed by atoms with Gasteiger partial charge in [0.05, 0.1) is 42.3 Å². The van der Waals surface area contributed by atoms with Crippen molar-refractivity contribution in [3.63, 3.8) is 0 Å². The molecular weight excluding hydrogens is 534 g/mol. The summed E-state index contributed by atoms with van der Waals surface area (Å²) in [6.45, 7) is 0.835. The maximum Gasteiger partial charge on any atom is 0.272 e. The van der Waals surface area contributed by atoms with Crippen LogP contribution in [0.15, 0.2) is 59.5 Å². The Labute approximate surface area is 242 Å². The summed E-state index contributed by atoms with van der Waals surface area (Å²) in [5.74, 6) is 0.924. The second kappa shape index (κ2) is 12.4. The molecule has 0 aliphatic carbocycles. The van der Waals surface area contributed by atoms with Crippen LogP contribution in [0.1, 0.15) is 83.7 Å². The molecule has 5 heterocycles. The summed E-state index contributed by atoms with van der Waals surface area (Å²) in [7, 11) is 1.60. The Morgan fingerprint density at radius 3 is 2.88 bits per heavy atom. The summed E-state index contributed by atoms with van der Waals surface area (Å²) in [6.07, 6.45) is 11.0. The summed E-state index contributed by atoms with van der Waals surface area (Å²) in [5.41, 5.74) is 3.88. The van der Waals surface area contributed by atoms with E-state index in [0.29, 0.717) is 36.7 Å². The number of pyridine rings is 1. The van der Waals surface area contributed by atoms with Gasteiger partial charge in [-0.25, -0.2) is 15.0 Å². The van der Waals surface area contributed by atoms with Gasteiger partial charge in [0.15, 0.2) is 0 Å². The number of methoxy groups -OCH3 is 1. The summed E-state index contributed by atoms with van der Waals surface area (Å²) >= 11 is 0. The number of nitrogens with one attached hydrogen (secondary N) is 2. The van der Waals surface area contributed by atoms with Crippen LogP contribution < -0.4 is 10.1 Å². The van der Waals surface area contributed by atoms with E-state index in [4.69, 9.17) is 9.15 Å². The van der Waals surface area contributed by atoms with Gasteiger partial charge >= 0.3 is 0 Å². The van der Waals surface area contributed by atoms with E-state index in [-0.39, 0.29) is 23.6 Å². The van der Waals surface area contributed by atoms with Crippen molar-refractivity contribution in [2.45, 2.75) is 64.0 Å². The van der Waals surface area contributed by atoms with Crippen LogP contribution >= 0.6 is 0 Å². The monoisotopic (exact) mass is 567 g/mol. The van der Waals surface area contributed by atoms with Crippen LogP contribution in [0, 0.1) is 0 Å². The van der Waals surface area contributed by atoms with Gasteiger partial charge < -0.3 is 19.5 Å². The van der Waals surface area contributed by atoms with E-state index in [1.54, 1.807) is 13.3 Å². The number of Topliss-reactive ketones (excluding diaryl/α,β-unsaturated/α-hetero) is 1. The zero-order valence-electron chi connectivity index (χ0n) is 23.5. The van der Waals surface area contributed by atoms with Crippen molar-refractivity contribution in [1.29, 1.82) is 0 Å². The number of carbonyl (C=O) groups is 2. The maximum absolute atomic E-state index is 13.4. The number of unbranched alkanes of at least 4 members (excludes halogenated alkanes) is 2.